The maximum absolute atomic E-state index is 12.4. The molecular formula is C24H23NO5. The van der Waals surface area contributed by atoms with Crippen LogP contribution in [-0.4, -0.2) is 32.2 Å². The summed E-state index contributed by atoms with van der Waals surface area (Å²) in [5.41, 5.74) is 1.87. The van der Waals surface area contributed by atoms with Crippen molar-refractivity contribution >= 4 is 11.9 Å². The van der Waals surface area contributed by atoms with Gasteiger partial charge in [0.15, 0.2) is 24.7 Å². The van der Waals surface area contributed by atoms with Gasteiger partial charge in [0.25, 0.3) is 5.91 Å². The van der Waals surface area contributed by atoms with E-state index in [-0.39, 0.29) is 12.6 Å². The maximum Gasteiger partial charge on any atom is 0.344 e. The third kappa shape index (κ3) is 5.85. The minimum absolute atomic E-state index is 0.325. The van der Waals surface area contributed by atoms with Crippen LogP contribution in [0.3, 0.4) is 0 Å². The quantitative estimate of drug-likeness (QED) is 0.552. The second-order valence-electron chi connectivity index (χ2n) is 6.42. The van der Waals surface area contributed by atoms with E-state index in [1.807, 2.05) is 60.7 Å². The van der Waals surface area contributed by atoms with Gasteiger partial charge in [-0.15, -0.1) is 0 Å². The van der Waals surface area contributed by atoms with E-state index >= 15 is 0 Å². The Bertz CT molecular complexity index is 920. The molecule has 3 aromatic rings. The number of rotatable bonds is 9. The molecular weight excluding hydrogens is 382 g/mol. The molecule has 3 aromatic carbocycles. The highest BCUT2D eigenvalue weighted by molar-refractivity contribution is 5.81. The topological polar surface area (TPSA) is 73.9 Å². The molecule has 0 unspecified atom stereocenters. The summed E-state index contributed by atoms with van der Waals surface area (Å²) in [6, 6.07) is 25.8. The molecule has 0 saturated heterocycles. The number of methoxy groups -OCH3 is 1. The molecule has 154 valence electrons. The molecule has 0 radical (unpaired) electrons. The van der Waals surface area contributed by atoms with Crippen molar-refractivity contribution in [2.24, 2.45) is 0 Å². The van der Waals surface area contributed by atoms with Crippen LogP contribution in [0.1, 0.15) is 17.2 Å². The zero-order chi connectivity index (χ0) is 21.2. The fourth-order valence-electron chi connectivity index (χ4n) is 2.92. The Morgan fingerprint density at radius 1 is 0.767 bits per heavy atom. The van der Waals surface area contributed by atoms with Gasteiger partial charge in [-0.25, -0.2) is 4.79 Å². The number of nitrogens with one attached hydrogen (secondary N) is 1. The van der Waals surface area contributed by atoms with Crippen molar-refractivity contribution in [3.05, 3.63) is 96.1 Å². The lowest BCUT2D eigenvalue weighted by Crippen LogP contribution is -2.33. The Balaban J connectivity index is 1.55. The summed E-state index contributed by atoms with van der Waals surface area (Å²) in [5.74, 6) is -0.114. The van der Waals surface area contributed by atoms with Gasteiger partial charge >= 0.3 is 5.97 Å². The Morgan fingerprint density at radius 2 is 1.30 bits per heavy atom. The summed E-state index contributed by atoms with van der Waals surface area (Å²) in [4.78, 5) is 24.4. The van der Waals surface area contributed by atoms with Crippen molar-refractivity contribution in [3.63, 3.8) is 0 Å². The van der Waals surface area contributed by atoms with Crippen LogP contribution in [0, 0.1) is 0 Å². The molecule has 0 saturated carbocycles. The Hall–Kier alpha value is -3.80. The molecule has 3 rings (SSSR count). The second-order valence-corrected chi connectivity index (χ2v) is 6.42. The molecule has 0 fully saturated rings. The lowest BCUT2D eigenvalue weighted by Gasteiger charge is -2.20. The van der Waals surface area contributed by atoms with Gasteiger partial charge in [0.2, 0.25) is 0 Å². The molecule has 0 atom stereocenters. The van der Waals surface area contributed by atoms with Crippen molar-refractivity contribution in [1.82, 2.24) is 5.32 Å². The first-order chi connectivity index (χ1) is 14.7. The number of carbonyl (C=O) groups excluding carboxylic acids is 2. The highest BCUT2D eigenvalue weighted by atomic mass is 16.6. The molecule has 0 aliphatic heterocycles. The minimum Gasteiger partial charge on any atom is -0.493 e. The third-order valence-electron chi connectivity index (χ3n) is 4.35. The van der Waals surface area contributed by atoms with Gasteiger partial charge in [-0.3, -0.25) is 4.79 Å². The second kappa shape index (κ2) is 10.7. The first-order valence-electron chi connectivity index (χ1n) is 9.48. The predicted octanol–water partition coefficient (Wildman–Crippen LogP) is 3.52. The van der Waals surface area contributed by atoms with Crippen LogP contribution in [0.25, 0.3) is 0 Å². The maximum atomic E-state index is 12.4. The first kappa shape index (κ1) is 20.9. The molecule has 1 amide bonds. The van der Waals surface area contributed by atoms with Crippen molar-refractivity contribution in [1.29, 1.82) is 0 Å². The minimum atomic E-state index is -0.646. The van der Waals surface area contributed by atoms with Crippen LogP contribution >= 0.6 is 0 Å². The fraction of sp³-hybridized carbons (Fsp3) is 0.167. The van der Waals surface area contributed by atoms with Crippen LogP contribution in [0.2, 0.25) is 0 Å². The Morgan fingerprint density at radius 3 is 1.87 bits per heavy atom. The zero-order valence-electron chi connectivity index (χ0n) is 16.6. The van der Waals surface area contributed by atoms with Crippen molar-refractivity contribution < 1.29 is 23.8 Å². The van der Waals surface area contributed by atoms with Gasteiger partial charge in [0, 0.05) is 0 Å². The summed E-state index contributed by atoms with van der Waals surface area (Å²) in [5, 5.41) is 2.92. The molecule has 0 aliphatic rings. The van der Waals surface area contributed by atoms with Crippen LogP contribution < -0.4 is 14.8 Å². The zero-order valence-corrected chi connectivity index (χ0v) is 16.6. The molecule has 0 spiro atoms. The molecule has 0 heterocycles. The van der Waals surface area contributed by atoms with E-state index in [1.165, 1.54) is 7.11 Å². The van der Waals surface area contributed by atoms with Crippen molar-refractivity contribution in [3.8, 4) is 11.5 Å². The first-order valence-corrected chi connectivity index (χ1v) is 9.48. The summed E-state index contributed by atoms with van der Waals surface area (Å²) in [6.45, 7) is -0.723. The highest BCUT2D eigenvalue weighted by Crippen LogP contribution is 2.25. The van der Waals surface area contributed by atoms with Gasteiger partial charge in [-0.05, 0) is 23.3 Å². The monoisotopic (exact) mass is 405 g/mol. The summed E-state index contributed by atoms with van der Waals surface area (Å²) < 4.78 is 15.6. The number of hydrogen-bond donors (Lipinski definition) is 1. The van der Waals surface area contributed by atoms with Gasteiger partial charge in [-0.2, -0.15) is 0 Å². The highest BCUT2D eigenvalue weighted by Gasteiger charge is 2.18. The normalized spacial score (nSPS) is 10.3. The molecule has 0 aromatic heterocycles. The van der Waals surface area contributed by atoms with Crippen LogP contribution in [0.4, 0.5) is 0 Å². The number of esters is 1. The summed E-state index contributed by atoms with van der Waals surface area (Å²) in [6.07, 6.45) is 0. The summed E-state index contributed by atoms with van der Waals surface area (Å²) in [7, 11) is 1.51. The Kier molecular flexibility index (Phi) is 7.44. The fourth-order valence-corrected chi connectivity index (χ4v) is 2.92. The average Bonchev–Trinajstić information content (AvgIpc) is 2.81. The van der Waals surface area contributed by atoms with E-state index < -0.39 is 18.5 Å². The van der Waals surface area contributed by atoms with Gasteiger partial charge in [-0.1, -0.05) is 72.8 Å². The van der Waals surface area contributed by atoms with Crippen LogP contribution in [0.15, 0.2) is 84.9 Å². The Labute approximate surface area is 175 Å². The number of para-hydroxylation sites is 2. The molecule has 6 nitrogen and oxygen atoms in total. The van der Waals surface area contributed by atoms with Gasteiger partial charge < -0.3 is 19.5 Å². The van der Waals surface area contributed by atoms with Crippen molar-refractivity contribution in [2.45, 2.75) is 6.04 Å². The SMILES string of the molecule is COc1ccccc1OCC(=O)OCC(=O)NC(c1ccccc1)c1ccccc1. The van der Waals surface area contributed by atoms with E-state index in [1.54, 1.807) is 24.3 Å². The van der Waals surface area contributed by atoms with Gasteiger partial charge in [0.05, 0.1) is 13.2 Å². The third-order valence-corrected chi connectivity index (χ3v) is 4.35. The number of carbonyl (C=O) groups is 2. The standard InChI is InChI=1S/C24H23NO5/c1-28-20-14-8-9-15-21(20)29-17-23(27)30-16-22(26)25-24(18-10-4-2-5-11-18)19-12-6-3-7-13-19/h2-15,24H,16-17H2,1H3,(H,25,26). The smallest absolute Gasteiger partial charge is 0.344 e. The molecule has 0 aliphatic carbocycles. The van der Waals surface area contributed by atoms with E-state index in [2.05, 4.69) is 5.32 Å². The van der Waals surface area contributed by atoms with E-state index in [0.717, 1.165) is 11.1 Å². The van der Waals surface area contributed by atoms with Crippen molar-refractivity contribution in [2.75, 3.05) is 20.3 Å². The molecule has 6 heteroatoms. The number of hydrogen-bond acceptors (Lipinski definition) is 5. The number of amides is 1. The molecule has 1 N–H and O–H groups in total. The largest absolute Gasteiger partial charge is 0.493 e. The number of ether oxygens (including phenoxy) is 3. The van der Waals surface area contributed by atoms with E-state index in [4.69, 9.17) is 14.2 Å². The lowest BCUT2D eigenvalue weighted by atomic mass is 9.99. The van der Waals surface area contributed by atoms with E-state index in [0.29, 0.717) is 11.5 Å². The van der Waals surface area contributed by atoms with Crippen LogP contribution in [0.5, 0.6) is 11.5 Å². The average molecular weight is 405 g/mol. The molecule has 30 heavy (non-hydrogen) atoms. The predicted molar refractivity (Wildman–Crippen MR) is 112 cm³/mol. The van der Waals surface area contributed by atoms with Gasteiger partial charge in [0.1, 0.15) is 0 Å². The van der Waals surface area contributed by atoms with E-state index in [9.17, 15) is 9.59 Å². The number of benzene rings is 3. The lowest BCUT2D eigenvalue weighted by molar-refractivity contribution is -0.150. The molecule has 0 bridgehead atoms. The summed E-state index contributed by atoms with van der Waals surface area (Å²) >= 11 is 0. The van der Waals surface area contributed by atoms with Crippen LogP contribution in [-0.2, 0) is 14.3 Å².